The fraction of sp³-hybridized carbons (Fsp3) is 0.542. The molecule has 4 saturated carbocycles. The van der Waals surface area contributed by atoms with Gasteiger partial charge in [0.2, 0.25) is 21.8 Å². The van der Waals surface area contributed by atoms with E-state index in [2.05, 4.69) is 15.4 Å². The van der Waals surface area contributed by atoms with Gasteiger partial charge in [0, 0.05) is 34.9 Å². The van der Waals surface area contributed by atoms with Crippen molar-refractivity contribution in [3.8, 4) is 27.8 Å². The van der Waals surface area contributed by atoms with E-state index in [0.717, 1.165) is 53.0 Å². The third-order valence-corrected chi connectivity index (χ3v) is 17.6. The van der Waals surface area contributed by atoms with Gasteiger partial charge in [-0.2, -0.15) is 4.98 Å². The highest BCUT2D eigenvalue weighted by molar-refractivity contribution is 7.91. The second-order valence-electron chi connectivity index (χ2n) is 19.6. The Morgan fingerprint density at radius 2 is 1.74 bits per heavy atom. The number of fused-ring (bicyclic) bond motifs is 4. The zero-order valence-electron chi connectivity index (χ0n) is 37.0. The molecule has 6 aliphatic rings. The number of hydrogen-bond donors (Lipinski definition) is 3. The van der Waals surface area contributed by atoms with Crippen LogP contribution in [0, 0.1) is 17.8 Å². The summed E-state index contributed by atoms with van der Waals surface area (Å²) in [5.41, 5.74) is 2.73. The first-order valence-electron chi connectivity index (χ1n) is 23.2. The number of nitrogens with one attached hydrogen (secondary N) is 3. The second-order valence-corrected chi connectivity index (χ2v) is 22.6. The highest BCUT2D eigenvalue weighted by Crippen LogP contribution is 2.52. The number of thiazole rings is 1. The van der Waals surface area contributed by atoms with Crippen molar-refractivity contribution in [1.29, 1.82) is 0 Å². The maximum absolute atomic E-state index is 14.9. The molecule has 2 aromatic carbocycles. The third-order valence-electron chi connectivity index (χ3n) is 14.5. The van der Waals surface area contributed by atoms with Crippen molar-refractivity contribution in [2.75, 3.05) is 6.54 Å². The average Bonchev–Trinajstić information content (AvgIpc) is 4.14. The van der Waals surface area contributed by atoms with E-state index >= 15 is 0 Å². The standard InChI is InChI=1S/C48H57N7O8S2/c1-28(2)55-38-18-12-16-35(42-49-37(27-64-42)29-13-8-7-9-14-29)40(38)51-45(55)62-34-24-39-41(56)52-48(44(58)53-65(60,61)47(3)19-20-47)25-32(48)15-10-5-4-6-11-17-36(43(57)54(39)26-34)50-46(59)63-33-22-30-21-31(30)23-33/h7-10,12-16,18,27-28,30-34,36,39H,4-6,11,17,19-26H2,1-3H3,(H,50,59)(H,52,56)(H,53,58)/b15-10-/t30-,31+,32-,33+,34-,36+,39+,48-/m1/s1. The van der Waals surface area contributed by atoms with Gasteiger partial charge < -0.3 is 25.0 Å². The van der Waals surface area contributed by atoms with Crippen LogP contribution in [0.15, 0.2) is 66.1 Å². The van der Waals surface area contributed by atoms with Crippen LogP contribution in [0.2, 0.25) is 0 Å². The van der Waals surface area contributed by atoms with Crippen molar-refractivity contribution >= 4 is 56.2 Å². The first-order chi connectivity index (χ1) is 31.2. The number of carbonyl (C=O) groups excluding carboxylic acids is 4. The Labute approximate surface area is 383 Å². The minimum atomic E-state index is -4.01. The molecule has 8 atom stereocenters. The van der Waals surface area contributed by atoms with Crippen LogP contribution in [0.4, 0.5) is 4.79 Å². The Bertz CT molecular complexity index is 2650. The van der Waals surface area contributed by atoms with Crippen LogP contribution in [-0.4, -0.2) is 92.8 Å². The molecule has 3 N–H and O–H groups in total. The quantitative estimate of drug-likeness (QED) is 0.139. The molecule has 4 amide bonds. The molecule has 2 aromatic heterocycles. The first-order valence-corrected chi connectivity index (χ1v) is 25.6. The van der Waals surface area contributed by atoms with Crippen molar-refractivity contribution in [1.82, 2.24) is 34.8 Å². The summed E-state index contributed by atoms with van der Waals surface area (Å²) in [5.74, 6) is -1.08. The van der Waals surface area contributed by atoms with Crippen LogP contribution in [0.25, 0.3) is 32.9 Å². The lowest BCUT2D eigenvalue weighted by atomic mass is 10.0. The molecule has 17 heteroatoms. The lowest BCUT2D eigenvalue weighted by molar-refractivity contribution is -0.141. The van der Waals surface area contributed by atoms with E-state index in [9.17, 15) is 27.6 Å². The van der Waals surface area contributed by atoms with E-state index in [-0.39, 0.29) is 31.5 Å². The van der Waals surface area contributed by atoms with Crippen LogP contribution >= 0.6 is 11.3 Å². The highest BCUT2D eigenvalue weighted by Gasteiger charge is 2.63. The van der Waals surface area contributed by atoms with Gasteiger partial charge in [-0.15, -0.1) is 11.3 Å². The lowest BCUT2D eigenvalue weighted by Crippen LogP contribution is -2.58. The van der Waals surface area contributed by atoms with Gasteiger partial charge in [-0.3, -0.25) is 23.7 Å². The zero-order chi connectivity index (χ0) is 45.3. The summed E-state index contributed by atoms with van der Waals surface area (Å²) < 4.78 is 42.5. The fourth-order valence-electron chi connectivity index (χ4n) is 10.2. The average molecular weight is 924 g/mol. The molecule has 2 aliphatic heterocycles. The largest absolute Gasteiger partial charge is 0.459 e. The van der Waals surface area contributed by atoms with Crippen LogP contribution in [-0.2, 0) is 29.1 Å². The summed E-state index contributed by atoms with van der Waals surface area (Å²) in [6.45, 7) is 5.66. The molecule has 0 unspecified atom stereocenters. The molecule has 4 heterocycles. The van der Waals surface area contributed by atoms with Gasteiger partial charge in [0.1, 0.15) is 40.4 Å². The van der Waals surface area contributed by atoms with Gasteiger partial charge in [-0.1, -0.05) is 61.4 Å². The smallest absolute Gasteiger partial charge is 0.408 e. The monoisotopic (exact) mass is 923 g/mol. The molecule has 4 aliphatic carbocycles. The van der Waals surface area contributed by atoms with Gasteiger partial charge >= 0.3 is 6.09 Å². The van der Waals surface area contributed by atoms with Crippen molar-refractivity contribution < 1.29 is 37.1 Å². The molecule has 4 aromatic rings. The summed E-state index contributed by atoms with van der Waals surface area (Å²) >= 11 is 1.53. The number of benzene rings is 2. The van der Waals surface area contributed by atoms with Crippen LogP contribution < -0.4 is 20.1 Å². The van der Waals surface area contributed by atoms with Crippen molar-refractivity contribution in [3.05, 3.63) is 66.1 Å². The predicted molar refractivity (Wildman–Crippen MR) is 245 cm³/mol. The molecule has 15 nitrogen and oxygen atoms in total. The number of nitrogens with zero attached hydrogens (tertiary/aromatic N) is 4. The lowest BCUT2D eigenvalue weighted by Gasteiger charge is -2.30. The molecule has 344 valence electrons. The summed E-state index contributed by atoms with van der Waals surface area (Å²) in [6, 6.07) is 14.1. The van der Waals surface area contributed by atoms with Crippen LogP contribution in [0.1, 0.15) is 104 Å². The maximum atomic E-state index is 14.9. The van der Waals surface area contributed by atoms with Gasteiger partial charge in [0.15, 0.2) is 0 Å². The fourth-order valence-corrected chi connectivity index (χ4v) is 12.3. The SMILES string of the molecule is CC(C)n1c(O[C@@H]2C[C@H]3C(=O)N[C@]4(C(=O)NS(=O)(=O)C5(C)CC5)C[C@H]4/C=C\CCCCC[C@H](NC(=O)O[C@@H]4C[C@@H]5C[C@@H]5C4)C(=O)N3C2)nc2c(-c3nc(-c4ccccc4)cs3)cccc21. The number of hydrogen-bond acceptors (Lipinski definition) is 11. The second kappa shape index (κ2) is 16.9. The van der Waals surface area contributed by atoms with E-state index in [1.165, 1.54) is 22.7 Å². The minimum absolute atomic E-state index is 0.00747. The molecule has 0 bridgehead atoms. The summed E-state index contributed by atoms with van der Waals surface area (Å²) in [5, 5.41) is 8.67. The molecule has 0 radical (unpaired) electrons. The van der Waals surface area contributed by atoms with E-state index < -0.39 is 68.2 Å². The van der Waals surface area contributed by atoms with Crippen LogP contribution in [0.3, 0.4) is 0 Å². The summed E-state index contributed by atoms with van der Waals surface area (Å²) in [7, 11) is -4.01. The number of ether oxygens (including phenoxy) is 2. The number of imidazole rings is 1. The Morgan fingerprint density at radius 3 is 2.49 bits per heavy atom. The predicted octanol–water partition coefficient (Wildman–Crippen LogP) is 7.04. The van der Waals surface area contributed by atoms with Crippen LogP contribution in [0.5, 0.6) is 6.01 Å². The number of carbonyl (C=O) groups is 4. The molecular weight excluding hydrogens is 867 g/mol. The maximum Gasteiger partial charge on any atom is 0.408 e. The van der Waals surface area contributed by atoms with Gasteiger partial charge in [-0.25, -0.2) is 18.2 Å². The molecular formula is C48H57N7O8S2. The van der Waals surface area contributed by atoms with Gasteiger partial charge in [-0.05, 0) is 103 Å². The molecule has 10 rings (SSSR count). The van der Waals surface area contributed by atoms with Gasteiger partial charge in [0.05, 0.1) is 22.5 Å². The molecule has 1 saturated heterocycles. The normalized spacial score (nSPS) is 30.0. The summed E-state index contributed by atoms with van der Waals surface area (Å²) in [4.78, 5) is 68.6. The Hall–Kier alpha value is -5.29. The molecule has 0 spiro atoms. The van der Waals surface area contributed by atoms with Crippen molar-refractivity contribution in [2.24, 2.45) is 17.8 Å². The van der Waals surface area contributed by atoms with E-state index in [4.69, 9.17) is 19.4 Å². The molecule has 65 heavy (non-hydrogen) atoms. The van der Waals surface area contributed by atoms with E-state index in [1.807, 2.05) is 84.5 Å². The number of amides is 4. The summed E-state index contributed by atoms with van der Waals surface area (Å²) in [6.07, 6.45) is 9.53. The topological polar surface area (TPSA) is 191 Å². The van der Waals surface area contributed by atoms with Gasteiger partial charge in [0.25, 0.3) is 11.9 Å². The number of para-hydroxylation sites is 1. The number of allylic oxidation sites excluding steroid dienone is 1. The Balaban J connectivity index is 0.955. The number of alkyl carbamates (subject to hydrolysis) is 1. The first kappa shape index (κ1) is 43.6. The number of aromatic nitrogens is 3. The Kier molecular flexibility index (Phi) is 11.3. The zero-order valence-corrected chi connectivity index (χ0v) is 38.7. The van der Waals surface area contributed by atoms with Crippen molar-refractivity contribution in [2.45, 2.75) is 138 Å². The van der Waals surface area contributed by atoms with E-state index in [0.29, 0.717) is 55.5 Å². The third kappa shape index (κ3) is 8.54. The molecule has 5 fully saturated rings. The minimum Gasteiger partial charge on any atom is -0.459 e. The van der Waals surface area contributed by atoms with Crippen molar-refractivity contribution in [3.63, 3.8) is 0 Å². The van der Waals surface area contributed by atoms with E-state index in [1.54, 1.807) is 6.92 Å². The Morgan fingerprint density at radius 1 is 0.954 bits per heavy atom. The number of sulfonamides is 1. The highest BCUT2D eigenvalue weighted by atomic mass is 32.2. The number of rotatable bonds is 10.